The van der Waals surface area contributed by atoms with Crippen LogP contribution in [0.25, 0.3) is 0 Å². The molecule has 7 heteroatoms. The van der Waals surface area contributed by atoms with Gasteiger partial charge in [-0.05, 0) is 44.0 Å². The van der Waals surface area contributed by atoms with Crippen molar-refractivity contribution in [1.29, 1.82) is 5.26 Å². The van der Waals surface area contributed by atoms with Crippen molar-refractivity contribution >= 4 is 17.6 Å². The summed E-state index contributed by atoms with van der Waals surface area (Å²) in [5, 5.41) is 14.6. The molecule has 0 spiro atoms. The number of rotatable bonds is 7. The number of hydrogen-bond donors (Lipinski definition) is 2. The van der Waals surface area contributed by atoms with Gasteiger partial charge >= 0.3 is 5.97 Å². The van der Waals surface area contributed by atoms with Gasteiger partial charge < -0.3 is 20.1 Å². The average Bonchev–Trinajstić information content (AvgIpc) is 3.14. The van der Waals surface area contributed by atoms with Crippen molar-refractivity contribution in [3.8, 4) is 6.07 Å². The highest BCUT2D eigenvalue weighted by Gasteiger charge is 2.16. The van der Waals surface area contributed by atoms with Gasteiger partial charge in [0.15, 0.2) is 5.57 Å². The summed E-state index contributed by atoms with van der Waals surface area (Å²) in [5.41, 5.74) is 1.05. The summed E-state index contributed by atoms with van der Waals surface area (Å²) in [6.07, 6.45) is 3.38. The Labute approximate surface area is 146 Å². The van der Waals surface area contributed by atoms with Crippen LogP contribution in [0, 0.1) is 11.3 Å². The molecule has 0 aliphatic carbocycles. The Kier molecular flexibility index (Phi) is 6.99. The fraction of sp³-hybridized carbons (Fsp3) is 0.389. The van der Waals surface area contributed by atoms with E-state index in [0.717, 1.165) is 19.4 Å². The van der Waals surface area contributed by atoms with E-state index >= 15 is 0 Å². The molecular formula is C18H21N3O4. The molecule has 2 N–H and O–H groups in total. The minimum atomic E-state index is -0.678. The molecule has 1 aromatic carbocycles. The predicted octanol–water partition coefficient (Wildman–Crippen LogP) is 1.98. The maximum absolute atomic E-state index is 12.1. The van der Waals surface area contributed by atoms with E-state index in [2.05, 4.69) is 10.6 Å². The molecule has 1 aromatic rings. The zero-order valence-corrected chi connectivity index (χ0v) is 14.1. The van der Waals surface area contributed by atoms with Crippen molar-refractivity contribution in [2.45, 2.75) is 25.9 Å². The van der Waals surface area contributed by atoms with Crippen LogP contribution in [0.4, 0.5) is 5.69 Å². The molecule has 1 saturated heterocycles. The second kappa shape index (κ2) is 9.45. The topological polar surface area (TPSA) is 100 Å². The van der Waals surface area contributed by atoms with E-state index in [1.165, 1.54) is 6.20 Å². The van der Waals surface area contributed by atoms with Gasteiger partial charge in [-0.1, -0.05) is 0 Å². The van der Waals surface area contributed by atoms with Gasteiger partial charge in [-0.25, -0.2) is 4.79 Å². The lowest BCUT2D eigenvalue weighted by Crippen LogP contribution is -2.31. The van der Waals surface area contributed by atoms with Crippen molar-refractivity contribution < 1.29 is 19.1 Å². The number of hydrogen-bond acceptors (Lipinski definition) is 6. The van der Waals surface area contributed by atoms with Gasteiger partial charge in [0.1, 0.15) is 6.07 Å². The summed E-state index contributed by atoms with van der Waals surface area (Å²) in [6, 6.07) is 8.49. The Morgan fingerprint density at radius 3 is 2.76 bits per heavy atom. The third-order valence-corrected chi connectivity index (χ3v) is 3.66. The van der Waals surface area contributed by atoms with Crippen LogP contribution in [0.2, 0.25) is 0 Å². The molecule has 0 bridgehead atoms. The third kappa shape index (κ3) is 5.62. The van der Waals surface area contributed by atoms with Crippen molar-refractivity contribution in [3.05, 3.63) is 41.6 Å². The first-order chi connectivity index (χ1) is 12.1. The molecule has 1 aliphatic heterocycles. The lowest BCUT2D eigenvalue weighted by atomic mass is 10.2. The Morgan fingerprint density at radius 2 is 2.16 bits per heavy atom. The highest BCUT2D eigenvalue weighted by molar-refractivity contribution is 5.95. The SMILES string of the molecule is CCOC(=O)/C(C#N)=C/Nc1ccc(C(=O)NCC2CCCO2)cc1. The molecule has 1 atom stereocenters. The number of carbonyl (C=O) groups excluding carboxylic acids is 2. The van der Waals surface area contributed by atoms with Crippen molar-refractivity contribution in [1.82, 2.24) is 5.32 Å². The molecule has 0 aromatic heterocycles. The number of anilines is 1. The second-order valence-corrected chi connectivity index (χ2v) is 5.46. The molecule has 2 rings (SSSR count). The second-order valence-electron chi connectivity index (χ2n) is 5.46. The number of amides is 1. The zero-order valence-electron chi connectivity index (χ0n) is 14.1. The van der Waals surface area contributed by atoms with Crippen molar-refractivity contribution in [2.24, 2.45) is 0 Å². The lowest BCUT2D eigenvalue weighted by Gasteiger charge is -2.11. The summed E-state index contributed by atoms with van der Waals surface area (Å²) in [6.45, 7) is 3.13. The van der Waals surface area contributed by atoms with Crippen molar-refractivity contribution in [2.75, 3.05) is 25.1 Å². The molecule has 25 heavy (non-hydrogen) atoms. The number of nitrogens with zero attached hydrogens (tertiary/aromatic N) is 1. The molecule has 1 amide bonds. The standard InChI is InChI=1S/C18H21N3O4/c1-2-24-18(23)14(10-19)11-20-15-7-5-13(6-8-15)17(22)21-12-16-4-3-9-25-16/h5-8,11,16,20H,2-4,9,12H2,1H3,(H,21,22)/b14-11+. The van der Waals surface area contributed by atoms with E-state index in [4.69, 9.17) is 14.7 Å². The van der Waals surface area contributed by atoms with Gasteiger partial charge in [-0.3, -0.25) is 4.79 Å². The summed E-state index contributed by atoms with van der Waals surface area (Å²) in [4.78, 5) is 23.6. The normalized spacial score (nSPS) is 16.8. The number of nitriles is 1. The van der Waals surface area contributed by atoms with Gasteiger partial charge in [-0.2, -0.15) is 5.26 Å². The first-order valence-electron chi connectivity index (χ1n) is 8.17. The van der Waals surface area contributed by atoms with Crippen LogP contribution in [0.3, 0.4) is 0 Å². The van der Waals surface area contributed by atoms with Gasteiger partial charge in [0.2, 0.25) is 0 Å². The summed E-state index contributed by atoms with van der Waals surface area (Å²) in [7, 11) is 0. The molecule has 1 aliphatic rings. The summed E-state index contributed by atoms with van der Waals surface area (Å²) < 4.78 is 10.2. The maximum Gasteiger partial charge on any atom is 0.350 e. The van der Waals surface area contributed by atoms with Gasteiger partial charge in [0, 0.05) is 30.6 Å². The smallest absolute Gasteiger partial charge is 0.350 e. The molecule has 0 radical (unpaired) electrons. The Bertz CT molecular complexity index is 671. The van der Waals surface area contributed by atoms with Crippen LogP contribution in [0.5, 0.6) is 0 Å². The molecule has 7 nitrogen and oxygen atoms in total. The van der Waals surface area contributed by atoms with Crippen LogP contribution in [0.1, 0.15) is 30.1 Å². The highest BCUT2D eigenvalue weighted by Crippen LogP contribution is 2.12. The Hall–Kier alpha value is -2.85. The van der Waals surface area contributed by atoms with Gasteiger partial charge in [0.05, 0.1) is 12.7 Å². The molecule has 1 fully saturated rings. The van der Waals surface area contributed by atoms with Crippen LogP contribution in [-0.4, -0.2) is 37.7 Å². The minimum Gasteiger partial charge on any atom is -0.462 e. The van der Waals surface area contributed by atoms with E-state index < -0.39 is 5.97 Å². The fourth-order valence-corrected chi connectivity index (χ4v) is 2.33. The van der Waals surface area contributed by atoms with Gasteiger partial charge in [-0.15, -0.1) is 0 Å². The van der Waals surface area contributed by atoms with Crippen LogP contribution < -0.4 is 10.6 Å². The summed E-state index contributed by atoms with van der Waals surface area (Å²) >= 11 is 0. The summed E-state index contributed by atoms with van der Waals surface area (Å²) in [5.74, 6) is -0.843. The molecule has 1 heterocycles. The fourth-order valence-electron chi connectivity index (χ4n) is 2.33. The molecule has 1 unspecified atom stereocenters. The van der Waals surface area contributed by atoms with Crippen LogP contribution in [0.15, 0.2) is 36.0 Å². The van der Waals surface area contributed by atoms with E-state index in [1.807, 2.05) is 0 Å². The van der Waals surface area contributed by atoms with Crippen LogP contribution in [-0.2, 0) is 14.3 Å². The molecule has 0 saturated carbocycles. The largest absolute Gasteiger partial charge is 0.462 e. The monoisotopic (exact) mass is 343 g/mol. The number of benzene rings is 1. The van der Waals surface area contributed by atoms with Crippen molar-refractivity contribution in [3.63, 3.8) is 0 Å². The molecular weight excluding hydrogens is 322 g/mol. The lowest BCUT2D eigenvalue weighted by molar-refractivity contribution is -0.138. The van der Waals surface area contributed by atoms with E-state index in [-0.39, 0.29) is 24.2 Å². The number of nitrogens with one attached hydrogen (secondary N) is 2. The predicted molar refractivity (Wildman–Crippen MR) is 91.7 cm³/mol. The first kappa shape index (κ1) is 18.5. The Balaban J connectivity index is 1.89. The van der Waals surface area contributed by atoms with Gasteiger partial charge in [0.25, 0.3) is 5.91 Å². The zero-order chi connectivity index (χ0) is 18.1. The number of ether oxygens (including phenoxy) is 2. The minimum absolute atomic E-state index is 0.0994. The van der Waals surface area contributed by atoms with E-state index in [9.17, 15) is 9.59 Å². The highest BCUT2D eigenvalue weighted by atomic mass is 16.5. The number of esters is 1. The van der Waals surface area contributed by atoms with E-state index in [0.29, 0.717) is 17.8 Å². The number of carbonyl (C=O) groups is 2. The van der Waals surface area contributed by atoms with E-state index in [1.54, 1.807) is 37.3 Å². The van der Waals surface area contributed by atoms with Crippen LogP contribution >= 0.6 is 0 Å². The third-order valence-electron chi connectivity index (χ3n) is 3.66. The maximum atomic E-state index is 12.1. The Morgan fingerprint density at radius 1 is 1.40 bits per heavy atom. The average molecular weight is 343 g/mol. The quantitative estimate of drug-likeness (QED) is 0.446. The first-order valence-corrected chi connectivity index (χ1v) is 8.17. The molecule has 132 valence electrons.